The Kier molecular flexibility index (Phi) is 4.05. The normalized spacial score (nSPS) is 12.3. The van der Waals surface area contributed by atoms with Crippen LogP contribution in [-0.2, 0) is 4.79 Å². The predicted octanol–water partition coefficient (Wildman–Crippen LogP) is 2.06. The Morgan fingerprint density at radius 1 is 1.67 bits per heavy atom. The highest BCUT2D eigenvalue weighted by Gasteiger charge is 2.09. The Hall–Kier alpha value is -1.13. The largest absolute Gasteiger partial charge is 0.389 e. The van der Waals surface area contributed by atoms with Crippen molar-refractivity contribution >= 4 is 23.2 Å². The first-order valence-electron chi connectivity index (χ1n) is 4.38. The van der Waals surface area contributed by atoms with Crippen LogP contribution in [0.2, 0.25) is 0 Å². The van der Waals surface area contributed by atoms with Crippen molar-refractivity contribution < 1.29 is 14.3 Å². The highest BCUT2D eigenvalue weighted by atomic mass is 35.5. The Morgan fingerprint density at radius 3 is 2.87 bits per heavy atom. The van der Waals surface area contributed by atoms with E-state index in [1.54, 1.807) is 0 Å². The van der Waals surface area contributed by atoms with Crippen molar-refractivity contribution in [3.8, 4) is 0 Å². The summed E-state index contributed by atoms with van der Waals surface area (Å²) in [6.45, 7) is 1.45. The zero-order valence-electron chi connectivity index (χ0n) is 8.13. The second kappa shape index (κ2) is 5.09. The number of carbonyl (C=O) groups is 1. The monoisotopic (exact) mass is 231 g/mol. The van der Waals surface area contributed by atoms with Crippen LogP contribution in [0.5, 0.6) is 0 Å². The number of aliphatic hydroxyl groups excluding tert-OH is 1. The molecule has 15 heavy (non-hydrogen) atoms. The van der Waals surface area contributed by atoms with Crippen LogP contribution in [0.4, 0.5) is 10.1 Å². The number of halogens is 2. The van der Waals surface area contributed by atoms with Gasteiger partial charge in [0.15, 0.2) is 0 Å². The Labute approximate surface area is 91.9 Å². The molecule has 1 atom stereocenters. The number of alkyl halides is 1. The highest BCUT2D eigenvalue weighted by Crippen LogP contribution is 2.20. The van der Waals surface area contributed by atoms with E-state index < -0.39 is 11.9 Å². The minimum absolute atomic E-state index is 0.141. The van der Waals surface area contributed by atoms with E-state index in [9.17, 15) is 14.3 Å². The van der Waals surface area contributed by atoms with Crippen LogP contribution >= 0.6 is 11.6 Å². The highest BCUT2D eigenvalue weighted by molar-refractivity contribution is 6.29. The number of aliphatic hydroxyl groups is 1. The zero-order chi connectivity index (χ0) is 11.4. The molecular formula is C10H11ClFNO2. The molecule has 1 rings (SSSR count). The molecule has 82 valence electrons. The summed E-state index contributed by atoms with van der Waals surface area (Å²) in [5.74, 6) is -1.05. The van der Waals surface area contributed by atoms with E-state index in [4.69, 9.17) is 11.6 Å². The Morgan fingerprint density at radius 2 is 2.33 bits per heavy atom. The Bertz CT molecular complexity index is 368. The molecule has 3 nitrogen and oxygen atoms in total. The van der Waals surface area contributed by atoms with Crippen molar-refractivity contribution in [2.45, 2.75) is 13.0 Å². The predicted molar refractivity (Wildman–Crippen MR) is 56.4 cm³/mol. The van der Waals surface area contributed by atoms with Gasteiger partial charge in [0.1, 0.15) is 11.7 Å². The van der Waals surface area contributed by atoms with Crippen LogP contribution in [0, 0.1) is 5.82 Å². The Balaban J connectivity index is 2.92. The van der Waals surface area contributed by atoms with E-state index in [1.807, 2.05) is 0 Å². The van der Waals surface area contributed by atoms with Gasteiger partial charge < -0.3 is 10.4 Å². The van der Waals surface area contributed by atoms with Gasteiger partial charge in [-0.15, -0.1) is 11.6 Å². The maximum atomic E-state index is 13.1. The second-order valence-corrected chi connectivity index (χ2v) is 3.36. The van der Waals surface area contributed by atoms with E-state index in [-0.39, 0.29) is 17.4 Å². The topological polar surface area (TPSA) is 49.3 Å². The molecule has 0 aliphatic heterocycles. The van der Waals surface area contributed by atoms with Gasteiger partial charge in [0.05, 0.1) is 6.10 Å². The molecule has 1 aromatic rings. The van der Waals surface area contributed by atoms with Gasteiger partial charge in [-0.25, -0.2) is 4.39 Å². The molecule has 0 aromatic heterocycles. The number of hydrogen-bond acceptors (Lipinski definition) is 2. The summed E-state index contributed by atoms with van der Waals surface area (Å²) in [6.07, 6.45) is -0.919. The number of nitrogens with one attached hydrogen (secondary N) is 1. The summed E-state index contributed by atoms with van der Waals surface area (Å²) < 4.78 is 13.1. The van der Waals surface area contributed by atoms with Gasteiger partial charge in [-0.1, -0.05) is 0 Å². The van der Waals surface area contributed by atoms with Crippen molar-refractivity contribution in [3.63, 3.8) is 0 Å². The van der Waals surface area contributed by atoms with Crippen molar-refractivity contribution in [3.05, 3.63) is 29.6 Å². The molecule has 1 unspecified atom stereocenters. The van der Waals surface area contributed by atoms with Gasteiger partial charge in [-0.05, 0) is 25.1 Å². The van der Waals surface area contributed by atoms with Gasteiger partial charge in [0.2, 0.25) is 5.91 Å². The molecule has 0 saturated carbocycles. The summed E-state index contributed by atoms with van der Waals surface area (Å²) in [6, 6.07) is 3.97. The third kappa shape index (κ3) is 3.18. The minimum Gasteiger partial charge on any atom is -0.389 e. The first-order valence-corrected chi connectivity index (χ1v) is 4.91. The van der Waals surface area contributed by atoms with Crippen molar-refractivity contribution in [1.29, 1.82) is 0 Å². The molecule has 0 aliphatic rings. The van der Waals surface area contributed by atoms with Gasteiger partial charge >= 0.3 is 0 Å². The standard InChI is InChI=1S/C10H11ClFNO2/c1-6(14)8-4-7(2-3-9(8)12)13-10(15)5-11/h2-4,6,14H,5H2,1H3,(H,13,15). The van der Waals surface area contributed by atoms with E-state index in [0.29, 0.717) is 5.69 Å². The van der Waals surface area contributed by atoms with E-state index in [1.165, 1.54) is 25.1 Å². The second-order valence-electron chi connectivity index (χ2n) is 3.09. The lowest BCUT2D eigenvalue weighted by Crippen LogP contribution is -2.13. The van der Waals surface area contributed by atoms with Crippen LogP contribution in [0.3, 0.4) is 0 Å². The summed E-state index contributed by atoms with van der Waals surface area (Å²) in [4.78, 5) is 10.9. The van der Waals surface area contributed by atoms with Gasteiger partial charge in [-0.2, -0.15) is 0 Å². The number of hydrogen-bond donors (Lipinski definition) is 2. The van der Waals surface area contributed by atoms with Crippen molar-refractivity contribution in [1.82, 2.24) is 0 Å². The smallest absolute Gasteiger partial charge is 0.239 e. The van der Waals surface area contributed by atoms with Crippen molar-refractivity contribution in [2.24, 2.45) is 0 Å². The fourth-order valence-electron chi connectivity index (χ4n) is 1.14. The molecule has 1 aromatic carbocycles. The molecule has 0 aliphatic carbocycles. The molecule has 2 N–H and O–H groups in total. The molecule has 1 amide bonds. The first kappa shape index (κ1) is 11.9. The number of amides is 1. The summed E-state index contributed by atoms with van der Waals surface area (Å²) in [5, 5.41) is 11.7. The lowest BCUT2D eigenvalue weighted by molar-refractivity contribution is -0.113. The summed E-state index contributed by atoms with van der Waals surface area (Å²) >= 11 is 5.30. The summed E-state index contributed by atoms with van der Waals surface area (Å²) in [7, 11) is 0. The maximum absolute atomic E-state index is 13.1. The first-order chi connectivity index (χ1) is 7.04. The van der Waals surface area contributed by atoms with Crippen LogP contribution < -0.4 is 5.32 Å². The minimum atomic E-state index is -0.919. The third-order valence-corrected chi connectivity index (χ3v) is 2.09. The lowest BCUT2D eigenvalue weighted by atomic mass is 10.1. The zero-order valence-corrected chi connectivity index (χ0v) is 8.88. The van der Waals surface area contributed by atoms with Gasteiger partial charge in [0, 0.05) is 11.3 Å². The van der Waals surface area contributed by atoms with Crippen LogP contribution in [0.1, 0.15) is 18.6 Å². The number of carbonyl (C=O) groups excluding carboxylic acids is 1. The molecule has 0 saturated heterocycles. The van der Waals surface area contributed by atoms with Crippen LogP contribution in [0.15, 0.2) is 18.2 Å². The quantitative estimate of drug-likeness (QED) is 0.783. The average Bonchev–Trinajstić information content (AvgIpc) is 2.20. The SMILES string of the molecule is CC(O)c1cc(NC(=O)CCl)ccc1F. The van der Waals surface area contributed by atoms with E-state index >= 15 is 0 Å². The fourth-order valence-corrected chi connectivity index (χ4v) is 1.20. The molecule has 0 heterocycles. The van der Waals surface area contributed by atoms with E-state index in [0.717, 1.165) is 0 Å². The summed E-state index contributed by atoms with van der Waals surface area (Å²) in [5.41, 5.74) is 0.556. The van der Waals surface area contributed by atoms with E-state index in [2.05, 4.69) is 5.32 Å². The number of rotatable bonds is 3. The molecule has 0 fully saturated rings. The maximum Gasteiger partial charge on any atom is 0.239 e. The number of anilines is 1. The third-order valence-electron chi connectivity index (χ3n) is 1.85. The molecule has 5 heteroatoms. The van der Waals surface area contributed by atoms with Crippen molar-refractivity contribution in [2.75, 3.05) is 11.2 Å². The number of benzene rings is 1. The molecule has 0 spiro atoms. The molecule has 0 bridgehead atoms. The van der Waals surface area contributed by atoms with Gasteiger partial charge in [0.25, 0.3) is 0 Å². The average molecular weight is 232 g/mol. The molecular weight excluding hydrogens is 221 g/mol. The van der Waals surface area contributed by atoms with Crippen LogP contribution in [0.25, 0.3) is 0 Å². The van der Waals surface area contributed by atoms with Gasteiger partial charge in [-0.3, -0.25) is 4.79 Å². The fraction of sp³-hybridized carbons (Fsp3) is 0.300. The molecule has 0 radical (unpaired) electrons. The lowest BCUT2D eigenvalue weighted by Gasteiger charge is -2.09. The van der Waals surface area contributed by atoms with Crippen LogP contribution in [-0.4, -0.2) is 16.9 Å².